The van der Waals surface area contributed by atoms with Gasteiger partial charge in [0.15, 0.2) is 12.3 Å². The second-order valence-electron chi connectivity index (χ2n) is 4.67. The molecule has 2 heterocycles. The Balaban J connectivity index is 1.65. The van der Waals surface area contributed by atoms with Gasteiger partial charge in [0.1, 0.15) is 12.0 Å². The van der Waals surface area contributed by atoms with E-state index in [1.165, 1.54) is 24.3 Å². The van der Waals surface area contributed by atoms with Crippen molar-refractivity contribution < 1.29 is 36.7 Å². The van der Waals surface area contributed by atoms with Crippen LogP contribution >= 0.6 is 0 Å². The molecule has 0 saturated heterocycles. The summed E-state index contributed by atoms with van der Waals surface area (Å²) in [5, 5.41) is 12.0. The maximum Gasteiger partial charge on any atom is 0.471 e. The Labute approximate surface area is 136 Å². The molecule has 0 radical (unpaired) electrons. The number of carboxylic acid groups (broad SMARTS) is 1. The first-order valence-corrected chi connectivity index (χ1v) is 6.65. The highest BCUT2D eigenvalue weighted by molar-refractivity contribution is 5.84. The van der Waals surface area contributed by atoms with Gasteiger partial charge < -0.3 is 18.8 Å². The molecule has 0 aliphatic carbocycles. The largest absolute Gasteiger partial charge is 0.484 e. The number of aromatic nitrogens is 3. The van der Waals surface area contributed by atoms with Gasteiger partial charge in [-0.25, -0.2) is 9.78 Å². The number of rotatable bonds is 5. The van der Waals surface area contributed by atoms with Crippen LogP contribution in [0.1, 0.15) is 22.3 Å². The van der Waals surface area contributed by atoms with E-state index >= 15 is 0 Å². The molecule has 2 aromatic heterocycles. The number of benzene rings is 1. The molecule has 0 saturated carbocycles. The molecule has 3 aromatic rings. The van der Waals surface area contributed by atoms with Crippen molar-refractivity contribution >= 4 is 5.97 Å². The van der Waals surface area contributed by atoms with Crippen LogP contribution in [0.25, 0.3) is 11.4 Å². The van der Waals surface area contributed by atoms with Crippen LogP contribution in [0.3, 0.4) is 0 Å². The number of halogens is 3. The van der Waals surface area contributed by atoms with E-state index in [2.05, 4.69) is 19.6 Å². The Bertz CT molecular complexity index is 886. The molecule has 0 unspecified atom stereocenters. The molecule has 0 aliphatic heterocycles. The quantitative estimate of drug-likeness (QED) is 0.743. The fraction of sp³-hybridized carbons (Fsp3) is 0.143. The lowest BCUT2D eigenvalue weighted by Gasteiger charge is -2.03. The smallest absolute Gasteiger partial charge is 0.471 e. The lowest BCUT2D eigenvalue weighted by atomic mass is 10.2. The molecular weight excluding hydrogens is 347 g/mol. The van der Waals surface area contributed by atoms with E-state index < -0.39 is 18.0 Å². The highest BCUT2D eigenvalue weighted by Crippen LogP contribution is 2.29. The zero-order chi connectivity index (χ0) is 18.0. The number of hydrogen-bond donors (Lipinski definition) is 1. The van der Waals surface area contributed by atoms with Crippen molar-refractivity contribution in [2.45, 2.75) is 12.8 Å². The second-order valence-corrected chi connectivity index (χ2v) is 4.67. The summed E-state index contributed by atoms with van der Waals surface area (Å²) >= 11 is 0. The fourth-order valence-corrected chi connectivity index (χ4v) is 1.78. The van der Waals surface area contributed by atoms with Gasteiger partial charge in [-0.05, 0) is 24.3 Å². The third-order valence-electron chi connectivity index (χ3n) is 2.91. The van der Waals surface area contributed by atoms with Crippen LogP contribution < -0.4 is 4.74 Å². The van der Waals surface area contributed by atoms with Gasteiger partial charge in [0.05, 0.1) is 0 Å². The molecule has 8 nitrogen and oxygen atoms in total. The number of aromatic carboxylic acids is 1. The number of ether oxygens (including phenoxy) is 1. The molecule has 1 N–H and O–H groups in total. The molecule has 1 aromatic carbocycles. The van der Waals surface area contributed by atoms with Gasteiger partial charge in [-0.3, -0.25) is 0 Å². The summed E-state index contributed by atoms with van der Waals surface area (Å²) in [5.74, 6) is -2.44. The van der Waals surface area contributed by atoms with E-state index in [4.69, 9.17) is 14.3 Å². The minimum Gasteiger partial charge on any atom is -0.484 e. The Kier molecular flexibility index (Phi) is 4.13. The van der Waals surface area contributed by atoms with Crippen LogP contribution in [0.4, 0.5) is 13.2 Å². The molecule has 0 aliphatic rings. The van der Waals surface area contributed by atoms with E-state index in [-0.39, 0.29) is 24.0 Å². The number of hydrogen-bond acceptors (Lipinski definition) is 7. The van der Waals surface area contributed by atoms with Crippen molar-refractivity contribution in [3.8, 4) is 17.1 Å². The standard InChI is InChI=1S/C14H8F3N3O5/c15-14(16,17)13-19-11(20-25-13)7-1-3-8(4-2-7)23-6-10-18-9(5-24-10)12(21)22/h1-5H,6H2,(H,21,22). The summed E-state index contributed by atoms with van der Waals surface area (Å²) in [5.41, 5.74) is 0.0578. The fourth-order valence-electron chi connectivity index (χ4n) is 1.78. The van der Waals surface area contributed by atoms with Gasteiger partial charge in [0.25, 0.3) is 0 Å². The molecule has 0 amide bonds. The van der Waals surface area contributed by atoms with E-state index in [0.29, 0.717) is 11.3 Å². The van der Waals surface area contributed by atoms with Crippen molar-refractivity contribution in [2.24, 2.45) is 0 Å². The van der Waals surface area contributed by atoms with Gasteiger partial charge in [0.2, 0.25) is 11.7 Å². The monoisotopic (exact) mass is 355 g/mol. The number of alkyl halides is 3. The maximum absolute atomic E-state index is 12.4. The van der Waals surface area contributed by atoms with Crippen molar-refractivity contribution in [3.63, 3.8) is 0 Å². The highest BCUT2D eigenvalue weighted by Gasteiger charge is 2.38. The third kappa shape index (κ3) is 3.76. The lowest BCUT2D eigenvalue weighted by molar-refractivity contribution is -0.159. The normalized spacial score (nSPS) is 11.5. The molecule has 0 atom stereocenters. The summed E-state index contributed by atoms with van der Waals surface area (Å²) in [6.45, 7) is -0.118. The number of oxazole rings is 1. The highest BCUT2D eigenvalue weighted by atomic mass is 19.4. The van der Waals surface area contributed by atoms with Crippen molar-refractivity contribution in [3.05, 3.63) is 48.0 Å². The average Bonchev–Trinajstić information content (AvgIpc) is 3.22. The minimum atomic E-state index is -4.71. The Morgan fingerprint density at radius 3 is 2.48 bits per heavy atom. The maximum atomic E-state index is 12.4. The first kappa shape index (κ1) is 16.5. The molecule has 0 fully saturated rings. The van der Waals surface area contributed by atoms with E-state index in [1.807, 2.05) is 0 Å². The molecule has 130 valence electrons. The first-order chi connectivity index (χ1) is 11.8. The Morgan fingerprint density at radius 1 is 1.20 bits per heavy atom. The van der Waals surface area contributed by atoms with E-state index in [1.54, 1.807) is 0 Å². The topological polar surface area (TPSA) is 111 Å². The van der Waals surface area contributed by atoms with Crippen LogP contribution in [-0.4, -0.2) is 26.2 Å². The van der Waals surface area contributed by atoms with Crippen LogP contribution in [-0.2, 0) is 12.8 Å². The van der Waals surface area contributed by atoms with Crippen LogP contribution in [0.15, 0.2) is 39.5 Å². The Morgan fingerprint density at radius 2 is 1.92 bits per heavy atom. The first-order valence-electron chi connectivity index (χ1n) is 6.65. The lowest BCUT2D eigenvalue weighted by Crippen LogP contribution is -2.04. The summed E-state index contributed by atoms with van der Waals surface area (Å²) in [7, 11) is 0. The van der Waals surface area contributed by atoms with E-state index in [9.17, 15) is 18.0 Å². The van der Waals surface area contributed by atoms with Gasteiger partial charge in [0, 0.05) is 5.56 Å². The summed E-state index contributed by atoms with van der Waals surface area (Å²) in [6.07, 6.45) is -3.72. The van der Waals surface area contributed by atoms with Gasteiger partial charge >= 0.3 is 18.0 Å². The SMILES string of the molecule is O=C(O)c1coc(COc2ccc(-c3noc(C(F)(F)F)n3)cc2)n1. The van der Waals surface area contributed by atoms with Crippen LogP contribution in [0.2, 0.25) is 0 Å². The number of nitrogens with zero attached hydrogens (tertiary/aromatic N) is 3. The number of carbonyl (C=O) groups is 1. The van der Waals surface area contributed by atoms with Crippen molar-refractivity contribution in [1.82, 2.24) is 15.1 Å². The molecule has 11 heteroatoms. The zero-order valence-electron chi connectivity index (χ0n) is 12.1. The molecule has 0 bridgehead atoms. The summed E-state index contributed by atoms with van der Waals surface area (Å²) < 4.78 is 51.7. The minimum absolute atomic E-state index is 0.0643. The molecular formula is C14H8F3N3O5. The predicted molar refractivity (Wildman–Crippen MR) is 72.5 cm³/mol. The van der Waals surface area contributed by atoms with E-state index in [0.717, 1.165) is 6.26 Å². The Hall–Kier alpha value is -3.37. The van der Waals surface area contributed by atoms with Crippen LogP contribution in [0.5, 0.6) is 5.75 Å². The van der Waals surface area contributed by atoms with Crippen molar-refractivity contribution in [1.29, 1.82) is 0 Å². The zero-order valence-corrected chi connectivity index (χ0v) is 12.1. The predicted octanol–water partition coefficient (Wildman–Crippen LogP) is 3.02. The van der Waals surface area contributed by atoms with Gasteiger partial charge in [-0.15, -0.1) is 0 Å². The molecule has 0 spiro atoms. The average molecular weight is 355 g/mol. The van der Waals surface area contributed by atoms with Crippen molar-refractivity contribution in [2.75, 3.05) is 0 Å². The van der Waals surface area contributed by atoms with Gasteiger partial charge in [-0.1, -0.05) is 5.16 Å². The molecule has 25 heavy (non-hydrogen) atoms. The van der Waals surface area contributed by atoms with Crippen LogP contribution in [0, 0.1) is 0 Å². The summed E-state index contributed by atoms with van der Waals surface area (Å²) in [4.78, 5) is 17.6. The summed E-state index contributed by atoms with van der Waals surface area (Å²) in [6, 6.07) is 5.83. The number of carboxylic acids is 1. The van der Waals surface area contributed by atoms with Gasteiger partial charge in [-0.2, -0.15) is 18.2 Å². The molecule has 3 rings (SSSR count). The third-order valence-corrected chi connectivity index (χ3v) is 2.91. The second kappa shape index (κ2) is 6.26.